The Morgan fingerprint density at radius 2 is 2.05 bits per heavy atom. The van der Waals surface area contributed by atoms with Crippen LogP contribution in [0.15, 0.2) is 23.3 Å². The van der Waals surface area contributed by atoms with Gasteiger partial charge in [-0.3, -0.25) is 14.4 Å². The molecule has 0 radical (unpaired) electrons. The minimum absolute atomic E-state index is 0.0109. The van der Waals surface area contributed by atoms with Gasteiger partial charge in [-0.1, -0.05) is 18.6 Å². The number of ether oxygens (including phenoxy) is 1. The summed E-state index contributed by atoms with van der Waals surface area (Å²) in [7, 11) is 1.34. The third-order valence-electron chi connectivity index (χ3n) is 4.82. The smallest absolute Gasteiger partial charge is 0.306 e. The second kappa shape index (κ2) is 5.00. The molecular formula is C16H20O4. The highest BCUT2D eigenvalue weighted by Crippen LogP contribution is 2.51. The van der Waals surface area contributed by atoms with E-state index in [1.54, 1.807) is 6.92 Å². The van der Waals surface area contributed by atoms with Crippen LogP contribution in [0.2, 0.25) is 0 Å². The normalized spacial score (nSPS) is 33.2. The molecule has 0 aromatic rings. The van der Waals surface area contributed by atoms with E-state index in [1.807, 2.05) is 19.9 Å². The van der Waals surface area contributed by atoms with Gasteiger partial charge in [0.25, 0.3) is 0 Å². The van der Waals surface area contributed by atoms with Crippen molar-refractivity contribution < 1.29 is 19.1 Å². The monoisotopic (exact) mass is 276 g/mol. The van der Waals surface area contributed by atoms with Gasteiger partial charge in [0.05, 0.1) is 13.5 Å². The Morgan fingerprint density at radius 3 is 2.65 bits per heavy atom. The minimum Gasteiger partial charge on any atom is -0.469 e. The number of carbonyl (C=O) groups excluding carboxylic acids is 3. The number of fused-ring (bicyclic) bond motifs is 1. The molecule has 108 valence electrons. The van der Waals surface area contributed by atoms with Crippen molar-refractivity contribution in [2.75, 3.05) is 7.11 Å². The van der Waals surface area contributed by atoms with E-state index in [-0.39, 0.29) is 35.8 Å². The number of Topliss-reactive ketones (excluding diaryl/α,β-unsaturated/α-hetero) is 1. The number of methoxy groups -OCH3 is 1. The van der Waals surface area contributed by atoms with Gasteiger partial charge in [-0.25, -0.2) is 0 Å². The molecule has 0 spiro atoms. The first-order chi connectivity index (χ1) is 9.32. The molecule has 0 bridgehead atoms. The van der Waals surface area contributed by atoms with Crippen LogP contribution in [-0.4, -0.2) is 24.6 Å². The van der Waals surface area contributed by atoms with Crippen LogP contribution in [0, 0.1) is 17.3 Å². The van der Waals surface area contributed by atoms with Crippen LogP contribution in [0.5, 0.6) is 0 Å². The molecule has 20 heavy (non-hydrogen) atoms. The molecule has 0 heterocycles. The highest BCUT2D eigenvalue weighted by Gasteiger charge is 2.54. The van der Waals surface area contributed by atoms with Crippen molar-refractivity contribution in [1.82, 2.24) is 0 Å². The second-order valence-corrected chi connectivity index (χ2v) is 5.91. The summed E-state index contributed by atoms with van der Waals surface area (Å²) >= 11 is 0. The highest BCUT2D eigenvalue weighted by atomic mass is 16.5. The van der Waals surface area contributed by atoms with E-state index >= 15 is 0 Å². The number of ketones is 2. The number of carbonyl (C=O) groups is 3. The molecule has 0 N–H and O–H groups in total. The molecule has 3 atom stereocenters. The molecule has 0 amide bonds. The third kappa shape index (κ3) is 2.03. The Bertz CT molecular complexity index is 541. The van der Waals surface area contributed by atoms with Crippen LogP contribution >= 0.6 is 0 Å². The summed E-state index contributed by atoms with van der Waals surface area (Å²) in [5.74, 6) is -1.02. The molecule has 0 unspecified atom stereocenters. The summed E-state index contributed by atoms with van der Waals surface area (Å²) in [6.07, 6.45) is 4.12. The molecule has 0 aromatic heterocycles. The molecule has 2 rings (SSSR count). The largest absolute Gasteiger partial charge is 0.469 e. The first-order valence-electron chi connectivity index (χ1n) is 6.82. The second-order valence-electron chi connectivity index (χ2n) is 5.91. The first-order valence-corrected chi connectivity index (χ1v) is 6.82. The van der Waals surface area contributed by atoms with Gasteiger partial charge in [0, 0.05) is 17.3 Å². The molecule has 0 fully saturated rings. The van der Waals surface area contributed by atoms with Crippen LogP contribution < -0.4 is 0 Å². The third-order valence-corrected chi connectivity index (χ3v) is 4.82. The van der Waals surface area contributed by atoms with Crippen LogP contribution in [0.3, 0.4) is 0 Å². The summed E-state index contributed by atoms with van der Waals surface area (Å²) in [6, 6.07) is 0. The Balaban J connectivity index is 2.49. The quantitative estimate of drug-likeness (QED) is 0.573. The number of hydrogen-bond acceptors (Lipinski definition) is 4. The van der Waals surface area contributed by atoms with Crippen molar-refractivity contribution in [3.8, 4) is 0 Å². The summed E-state index contributed by atoms with van der Waals surface area (Å²) in [4.78, 5) is 36.5. The predicted molar refractivity (Wildman–Crippen MR) is 73.9 cm³/mol. The average molecular weight is 276 g/mol. The van der Waals surface area contributed by atoms with Crippen molar-refractivity contribution in [2.24, 2.45) is 17.3 Å². The van der Waals surface area contributed by atoms with Crippen molar-refractivity contribution in [2.45, 2.75) is 33.6 Å². The molecule has 2 aliphatic rings. The van der Waals surface area contributed by atoms with Gasteiger partial charge in [-0.05, 0) is 31.9 Å². The number of esters is 1. The van der Waals surface area contributed by atoms with E-state index in [2.05, 4.69) is 0 Å². The fourth-order valence-corrected chi connectivity index (χ4v) is 3.56. The van der Waals surface area contributed by atoms with E-state index in [4.69, 9.17) is 4.74 Å². The molecule has 2 aliphatic carbocycles. The van der Waals surface area contributed by atoms with Crippen molar-refractivity contribution in [3.63, 3.8) is 0 Å². The van der Waals surface area contributed by atoms with Gasteiger partial charge in [0.15, 0.2) is 11.6 Å². The van der Waals surface area contributed by atoms with Crippen LogP contribution in [-0.2, 0) is 19.1 Å². The lowest BCUT2D eigenvalue weighted by molar-refractivity contribution is -0.147. The Kier molecular flexibility index (Phi) is 3.67. The molecule has 4 heteroatoms. The van der Waals surface area contributed by atoms with Gasteiger partial charge in [0.1, 0.15) is 0 Å². The molecule has 0 saturated carbocycles. The standard InChI is InChI=1S/C16H20O4/c1-9-5-6-11-13(17)7-10(2)15(19)16(11,3)12(9)8-14(18)20-4/h5,7,11-12H,6,8H2,1-4H3/t11-,12-,16+/m0/s1. The number of allylic oxidation sites excluding steroid dienone is 4. The van der Waals surface area contributed by atoms with Crippen molar-refractivity contribution in [1.29, 1.82) is 0 Å². The molecule has 0 saturated heterocycles. The lowest BCUT2D eigenvalue weighted by Crippen LogP contribution is -2.51. The highest BCUT2D eigenvalue weighted by molar-refractivity contribution is 6.12. The van der Waals surface area contributed by atoms with Gasteiger partial charge in [-0.2, -0.15) is 0 Å². The van der Waals surface area contributed by atoms with Gasteiger partial charge >= 0.3 is 5.97 Å². The average Bonchev–Trinajstić information content (AvgIpc) is 2.40. The van der Waals surface area contributed by atoms with Crippen molar-refractivity contribution >= 4 is 17.5 Å². The number of rotatable bonds is 2. The maximum atomic E-state index is 12.7. The molecular weight excluding hydrogens is 256 g/mol. The Morgan fingerprint density at radius 1 is 1.40 bits per heavy atom. The molecule has 4 nitrogen and oxygen atoms in total. The zero-order valence-electron chi connectivity index (χ0n) is 12.4. The lowest BCUT2D eigenvalue weighted by atomic mass is 9.54. The summed E-state index contributed by atoms with van der Waals surface area (Å²) in [5, 5.41) is 0. The minimum atomic E-state index is -0.830. The van der Waals surface area contributed by atoms with E-state index in [1.165, 1.54) is 13.2 Å². The fraction of sp³-hybridized carbons (Fsp3) is 0.562. The number of hydrogen-bond donors (Lipinski definition) is 0. The Hall–Kier alpha value is -1.71. The van der Waals surface area contributed by atoms with Crippen LogP contribution in [0.1, 0.15) is 33.6 Å². The molecule has 0 aliphatic heterocycles. The van der Waals surface area contributed by atoms with Crippen LogP contribution in [0.25, 0.3) is 0 Å². The zero-order valence-corrected chi connectivity index (χ0v) is 12.4. The molecule has 0 aromatic carbocycles. The first kappa shape index (κ1) is 14.7. The van der Waals surface area contributed by atoms with Gasteiger partial charge in [0.2, 0.25) is 0 Å². The lowest BCUT2D eigenvalue weighted by Gasteiger charge is -2.46. The van der Waals surface area contributed by atoms with E-state index in [0.29, 0.717) is 12.0 Å². The summed E-state index contributed by atoms with van der Waals surface area (Å²) in [5.41, 5.74) is 0.645. The maximum absolute atomic E-state index is 12.7. The van der Waals surface area contributed by atoms with E-state index < -0.39 is 5.41 Å². The maximum Gasteiger partial charge on any atom is 0.306 e. The predicted octanol–water partition coefficient (Wildman–Crippen LogP) is 2.24. The van der Waals surface area contributed by atoms with Crippen LogP contribution in [0.4, 0.5) is 0 Å². The Labute approximate surface area is 118 Å². The fourth-order valence-electron chi connectivity index (χ4n) is 3.56. The van der Waals surface area contributed by atoms with Crippen molar-refractivity contribution in [3.05, 3.63) is 23.3 Å². The summed E-state index contributed by atoms with van der Waals surface area (Å²) < 4.78 is 4.74. The van der Waals surface area contributed by atoms with Gasteiger partial charge in [-0.15, -0.1) is 0 Å². The zero-order chi connectivity index (χ0) is 15.1. The summed E-state index contributed by atoms with van der Waals surface area (Å²) in [6.45, 7) is 5.41. The topological polar surface area (TPSA) is 60.4 Å². The SMILES string of the molecule is COC(=O)C[C@H]1C(C)=CC[C@H]2C(=O)C=C(C)C(=O)[C@]21C. The van der Waals surface area contributed by atoms with Gasteiger partial charge < -0.3 is 4.74 Å². The van der Waals surface area contributed by atoms with E-state index in [0.717, 1.165) is 5.57 Å². The van der Waals surface area contributed by atoms with E-state index in [9.17, 15) is 14.4 Å².